The van der Waals surface area contributed by atoms with E-state index in [1.165, 1.54) is 11.3 Å². The smallest absolute Gasteiger partial charge is 0.207 e. The van der Waals surface area contributed by atoms with Gasteiger partial charge >= 0.3 is 0 Å². The number of aliphatic hydroxyl groups excluding tert-OH is 1. The maximum absolute atomic E-state index is 8.68. The summed E-state index contributed by atoms with van der Waals surface area (Å²) in [6.07, 6.45) is 2.30. The van der Waals surface area contributed by atoms with Crippen molar-refractivity contribution >= 4 is 22.9 Å². The van der Waals surface area contributed by atoms with E-state index in [9.17, 15) is 0 Å². The summed E-state index contributed by atoms with van der Waals surface area (Å²) in [6.45, 7) is 3.35. The summed E-state index contributed by atoms with van der Waals surface area (Å²) < 4.78 is 6.01. The molecule has 17 heavy (non-hydrogen) atoms. The summed E-state index contributed by atoms with van der Waals surface area (Å²) >= 11 is 7.17. The zero-order valence-electron chi connectivity index (χ0n) is 9.51. The molecule has 0 spiro atoms. The van der Waals surface area contributed by atoms with Crippen LogP contribution in [-0.4, -0.2) is 52.6 Å². The van der Waals surface area contributed by atoms with Crippen LogP contribution in [0.5, 0.6) is 0 Å². The van der Waals surface area contributed by atoms with Crippen molar-refractivity contribution in [1.29, 1.82) is 0 Å². The van der Waals surface area contributed by atoms with Crippen molar-refractivity contribution in [3.05, 3.63) is 9.47 Å². The molecule has 1 aliphatic heterocycles. The first-order chi connectivity index (χ1) is 8.28. The van der Waals surface area contributed by atoms with E-state index in [-0.39, 0.29) is 12.7 Å². The van der Waals surface area contributed by atoms with Crippen molar-refractivity contribution in [2.24, 2.45) is 0 Å². The van der Waals surface area contributed by atoms with E-state index in [0.717, 1.165) is 37.5 Å². The summed E-state index contributed by atoms with van der Waals surface area (Å²) in [7, 11) is 0. The Morgan fingerprint density at radius 3 is 2.76 bits per heavy atom. The Bertz CT molecular complexity index is 342. The predicted molar refractivity (Wildman–Crippen MR) is 66.3 cm³/mol. The Kier molecular flexibility index (Phi) is 5.12. The second-order valence-electron chi connectivity index (χ2n) is 4.02. The molecular weight excluding hydrogens is 262 g/mol. The number of hydrogen-bond donors (Lipinski definition) is 1. The molecule has 0 saturated carbocycles. The van der Waals surface area contributed by atoms with Crippen LogP contribution in [-0.2, 0) is 11.3 Å². The average Bonchev–Trinajstić information content (AvgIpc) is 2.74. The van der Waals surface area contributed by atoms with E-state index in [1.807, 2.05) is 0 Å². The molecule has 0 aliphatic carbocycles. The van der Waals surface area contributed by atoms with E-state index in [4.69, 9.17) is 21.4 Å². The first kappa shape index (κ1) is 13.2. The first-order valence-electron chi connectivity index (χ1n) is 5.70. The molecule has 1 fully saturated rings. The molecule has 1 N–H and O–H groups in total. The molecule has 1 aromatic heterocycles. The van der Waals surface area contributed by atoms with Crippen LogP contribution in [0.25, 0.3) is 0 Å². The standard InChI is InChI=1S/C10H16ClN3O2S/c11-10-13-12-9(17-10)7-14-3-1-8(2-4-14)16-6-5-15/h8,15H,1-7H2. The molecule has 96 valence electrons. The van der Waals surface area contributed by atoms with Crippen molar-refractivity contribution in [3.63, 3.8) is 0 Å². The van der Waals surface area contributed by atoms with Gasteiger partial charge in [-0.15, -0.1) is 10.2 Å². The lowest BCUT2D eigenvalue weighted by Gasteiger charge is -2.30. The lowest BCUT2D eigenvalue weighted by atomic mass is 10.1. The van der Waals surface area contributed by atoms with Gasteiger partial charge in [-0.1, -0.05) is 11.3 Å². The van der Waals surface area contributed by atoms with Crippen molar-refractivity contribution in [2.45, 2.75) is 25.5 Å². The van der Waals surface area contributed by atoms with Gasteiger partial charge in [-0.05, 0) is 24.4 Å². The van der Waals surface area contributed by atoms with Crippen molar-refractivity contribution in [3.8, 4) is 0 Å². The molecule has 1 saturated heterocycles. The van der Waals surface area contributed by atoms with Gasteiger partial charge in [0.05, 0.1) is 25.9 Å². The monoisotopic (exact) mass is 277 g/mol. The fourth-order valence-corrected chi connectivity index (χ4v) is 2.85. The Balaban J connectivity index is 1.72. The fourth-order valence-electron chi connectivity index (χ4n) is 1.94. The molecule has 2 rings (SSSR count). The lowest BCUT2D eigenvalue weighted by Crippen LogP contribution is -2.36. The van der Waals surface area contributed by atoms with E-state index in [1.54, 1.807) is 0 Å². The molecule has 0 radical (unpaired) electrons. The summed E-state index contributed by atoms with van der Waals surface area (Å²) in [6, 6.07) is 0. The van der Waals surface area contributed by atoms with Gasteiger partial charge < -0.3 is 9.84 Å². The van der Waals surface area contributed by atoms with E-state index in [2.05, 4.69) is 15.1 Å². The van der Waals surface area contributed by atoms with Crippen LogP contribution in [0.4, 0.5) is 0 Å². The number of likely N-dealkylation sites (tertiary alicyclic amines) is 1. The zero-order chi connectivity index (χ0) is 12.1. The topological polar surface area (TPSA) is 58.5 Å². The second-order valence-corrected chi connectivity index (χ2v) is 5.66. The van der Waals surface area contributed by atoms with Crippen LogP contribution >= 0.6 is 22.9 Å². The number of aromatic nitrogens is 2. The number of hydrogen-bond acceptors (Lipinski definition) is 6. The molecule has 1 aromatic rings. The molecular formula is C10H16ClN3O2S. The van der Waals surface area contributed by atoms with Crippen molar-refractivity contribution in [2.75, 3.05) is 26.3 Å². The van der Waals surface area contributed by atoms with Gasteiger partial charge in [0, 0.05) is 13.1 Å². The van der Waals surface area contributed by atoms with E-state index >= 15 is 0 Å². The normalized spacial score (nSPS) is 18.7. The SMILES string of the molecule is OCCOC1CCN(Cc2nnc(Cl)s2)CC1. The van der Waals surface area contributed by atoms with Crippen LogP contribution in [0.2, 0.25) is 4.47 Å². The number of piperidine rings is 1. The number of halogens is 1. The molecule has 5 nitrogen and oxygen atoms in total. The molecule has 0 unspecified atom stereocenters. The highest BCUT2D eigenvalue weighted by molar-refractivity contribution is 7.15. The van der Waals surface area contributed by atoms with Crippen LogP contribution in [0.3, 0.4) is 0 Å². The third-order valence-electron chi connectivity index (χ3n) is 2.78. The molecule has 0 bridgehead atoms. The molecule has 2 heterocycles. The largest absolute Gasteiger partial charge is 0.394 e. The average molecular weight is 278 g/mol. The quantitative estimate of drug-likeness (QED) is 0.875. The van der Waals surface area contributed by atoms with Crippen LogP contribution in [0.15, 0.2) is 0 Å². The van der Waals surface area contributed by atoms with Crippen molar-refractivity contribution < 1.29 is 9.84 Å². The lowest BCUT2D eigenvalue weighted by molar-refractivity contribution is -0.00904. The minimum Gasteiger partial charge on any atom is -0.394 e. The summed E-state index contributed by atoms with van der Waals surface area (Å²) in [5.41, 5.74) is 0. The molecule has 1 aliphatic rings. The fraction of sp³-hybridized carbons (Fsp3) is 0.800. The summed E-state index contributed by atoms with van der Waals surface area (Å²) in [5, 5.41) is 17.4. The zero-order valence-corrected chi connectivity index (χ0v) is 11.1. The Morgan fingerprint density at radius 1 is 1.41 bits per heavy atom. The number of nitrogens with zero attached hydrogens (tertiary/aromatic N) is 3. The van der Waals surface area contributed by atoms with Crippen LogP contribution < -0.4 is 0 Å². The van der Waals surface area contributed by atoms with Crippen molar-refractivity contribution in [1.82, 2.24) is 15.1 Å². The van der Waals surface area contributed by atoms with Gasteiger partial charge in [-0.2, -0.15) is 0 Å². The van der Waals surface area contributed by atoms with E-state index < -0.39 is 0 Å². The molecule has 7 heteroatoms. The van der Waals surface area contributed by atoms with Gasteiger partial charge in [-0.25, -0.2) is 0 Å². The summed E-state index contributed by atoms with van der Waals surface area (Å²) in [5.74, 6) is 0. The Morgan fingerprint density at radius 2 is 2.18 bits per heavy atom. The number of rotatable bonds is 5. The van der Waals surface area contributed by atoms with Gasteiger partial charge in [-0.3, -0.25) is 4.90 Å². The summed E-state index contributed by atoms with van der Waals surface area (Å²) in [4.78, 5) is 2.33. The second kappa shape index (κ2) is 6.61. The highest BCUT2D eigenvalue weighted by Crippen LogP contribution is 2.19. The highest BCUT2D eigenvalue weighted by Gasteiger charge is 2.20. The predicted octanol–water partition coefficient (Wildman–Crippen LogP) is 1.16. The minimum absolute atomic E-state index is 0.101. The van der Waals surface area contributed by atoms with Gasteiger partial charge in [0.1, 0.15) is 5.01 Å². The third-order valence-corrected chi connectivity index (χ3v) is 3.78. The molecule has 0 atom stereocenters. The maximum atomic E-state index is 8.68. The van der Waals surface area contributed by atoms with Crippen LogP contribution in [0.1, 0.15) is 17.8 Å². The first-order valence-corrected chi connectivity index (χ1v) is 6.90. The third kappa shape index (κ3) is 4.15. The number of ether oxygens (including phenoxy) is 1. The van der Waals surface area contributed by atoms with E-state index in [0.29, 0.717) is 11.1 Å². The molecule has 0 aromatic carbocycles. The van der Waals surface area contributed by atoms with Crippen LogP contribution in [0, 0.1) is 0 Å². The maximum Gasteiger partial charge on any atom is 0.207 e. The van der Waals surface area contributed by atoms with Gasteiger partial charge in [0.25, 0.3) is 0 Å². The Hall–Kier alpha value is -0.270. The van der Waals surface area contributed by atoms with Gasteiger partial charge in [0.15, 0.2) is 0 Å². The van der Waals surface area contributed by atoms with Gasteiger partial charge in [0.2, 0.25) is 4.47 Å². The minimum atomic E-state index is 0.101. The number of aliphatic hydroxyl groups is 1. The Labute approximate surface area is 109 Å². The molecule has 0 amide bonds. The highest BCUT2D eigenvalue weighted by atomic mass is 35.5.